The van der Waals surface area contributed by atoms with E-state index < -0.39 is 0 Å². The fourth-order valence-electron chi connectivity index (χ4n) is 2.86. The molecule has 1 N–H and O–H groups in total. The molecule has 2 heteroatoms. The fraction of sp³-hybridized carbons (Fsp3) is 0.238. The van der Waals surface area contributed by atoms with E-state index in [1.807, 2.05) is 0 Å². The van der Waals surface area contributed by atoms with Crippen molar-refractivity contribution in [1.29, 1.82) is 0 Å². The summed E-state index contributed by atoms with van der Waals surface area (Å²) in [6.45, 7) is 3.20. The summed E-state index contributed by atoms with van der Waals surface area (Å²) < 4.78 is 0. The monoisotopic (exact) mass is 325 g/mol. The van der Waals surface area contributed by atoms with Crippen LogP contribution in [0.5, 0.6) is 0 Å². The number of halogens is 1. The van der Waals surface area contributed by atoms with Crippen LogP contribution in [0.25, 0.3) is 10.8 Å². The highest BCUT2D eigenvalue weighted by Gasteiger charge is 2.04. The lowest BCUT2D eigenvalue weighted by Gasteiger charge is -2.15. The molecule has 0 aromatic heterocycles. The molecule has 0 fully saturated rings. The molecule has 0 radical (unpaired) electrons. The molecule has 0 aliphatic carbocycles. The summed E-state index contributed by atoms with van der Waals surface area (Å²) in [7, 11) is 0. The van der Waals surface area contributed by atoms with Crippen molar-refractivity contribution in [3.63, 3.8) is 0 Å². The van der Waals surface area contributed by atoms with E-state index in [0.717, 1.165) is 19.4 Å². The Morgan fingerprint density at radius 1 is 0.826 bits per heavy atom. The summed E-state index contributed by atoms with van der Waals surface area (Å²) in [5.74, 6) is 0. The summed E-state index contributed by atoms with van der Waals surface area (Å²) in [6, 6.07) is 26.4. The van der Waals surface area contributed by atoms with Crippen LogP contribution in [0, 0.1) is 0 Å². The quantitative estimate of drug-likeness (QED) is 0.642. The number of aryl methyl sites for hydroxylation is 1. The zero-order valence-corrected chi connectivity index (χ0v) is 14.4. The molecule has 3 aromatic carbocycles. The van der Waals surface area contributed by atoms with E-state index in [4.69, 9.17) is 0 Å². The lowest BCUT2D eigenvalue weighted by Crippen LogP contribution is -2.26. The van der Waals surface area contributed by atoms with E-state index in [-0.39, 0.29) is 12.4 Å². The van der Waals surface area contributed by atoms with Gasteiger partial charge in [0.25, 0.3) is 0 Å². The Morgan fingerprint density at radius 3 is 2.35 bits per heavy atom. The first-order valence-corrected chi connectivity index (χ1v) is 8.07. The maximum atomic E-state index is 3.66. The lowest BCUT2D eigenvalue weighted by molar-refractivity contribution is 0.515. The number of fused-ring (bicyclic) bond motifs is 1. The summed E-state index contributed by atoms with van der Waals surface area (Å²) in [4.78, 5) is 0. The third-order valence-corrected chi connectivity index (χ3v) is 4.23. The van der Waals surface area contributed by atoms with Gasteiger partial charge in [-0.2, -0.15) is 0 Å². The van der Waals surface area contributed by atoms with Crippen molar-refractivity contribution in [3.8, 4) is 0 Å². The van der Waals surface area contributed by atoms with Gasteiger partial charge < -0.3 is 5.32 Å². The van der Waals surface area contributed by atoms with E-state index >= 15 is 0 Å². The zero-order valence-electron chi connectivity index (χ0n) is 13.5. The minimum absolute atomic E-state index is 0. The van der Waals surface area contributed by atoms with Gasteiger partial charge in [-0.25, -0.2) is 0 Å². The molecule has 0 saturated carbocycles. The zero-order chi connectivity index (χ0) is 15.2. The molecule has 1 nitrogen and oxygen atoms in total. The molecule has 23 heavy (non-hydrogen) atoms. The Kier molecular flexibility index (Phi) is 6.64. The molecule has 0 saturated heterocycles. The van der Waals surface area contributed by atoms with E-state index in [1.54, 1.807) is 0 Å². The Hall–Kier alpha value is -1.83. The van der Waals surface area contributed by atoms with Gasteiger partial charge in [-0.05, 0) is 41.7 Å². The van der Waals surface area contributed by atoms with Crippen LogP contribution in [-0.4, -0.2) is 6.04 Å². The summed E-state index contributed by atoms with van der Waals surface area (Å²) >= 11 is 0. The molecular formula is C21H24ClN. The predicted octanol–water partition coefficient (Wildman–Crippen LogP) is 5.37. The predicted molar refractivity (Wildman–Crippen MR) is 102 cm³/mol. The Morgan fingerprint density at radius 2 is 1.52 bits per heavy atom. The summed E-state index contributed by atoms with van der Waals surface area (Å²) in [5, 5.41) is 6.33. The Balaban J connectivity index is 0.00000192. The first-order valence-electron chi connectivity index (χ1n) is 8.07. The van der Waals surface area contributed by atoms with Crippen molar-refractivity contribution in [3.05, 3.63) is 83.9 Å². The van der Waals surface area contributed by atoms with Crippen LogP contribution in [0.15, 0.2) is 72.8 Å². The van der Waals surface area contributed by atoms with Gasteiger partial charge in [0.15, 0.2) is 0 Å². The molecular weight excluding hydrogens is 302 g/mol. The van der Waals surface area contributed by atoms with Crippen LogP contribution in [0.4, 0.5) is 0 Å². The van der Waals surface area contributed by atoms with Gasteiger partial charge in [-0.15, -0.1) is 12.4 Å². The van der Waals surface area contributed by atoms with Crippen LogP contribution in [0.1, 0.15) is 24.5 Å². The standard InChI is InChI=1S/C21H23N.ClH/c1-17(14-15-18-8-3-2-4-9-18)22-16-20-12-7-11-19-10-5-6-13-21(19)20;/h2-13,17,22H,14-16H2,1H3;1H. The molecule has 3 aromatic rings. The minimum Gasteiger partial charge on any atom is -0.310 e. The topological polar surface area (TPSA) is 12.0 Å². The van der Waals surface area contributed by atoms with Crippen LogP contribution in [0.2, 0.25) is 0 Å². The van der Waals surface area contributed by atoms with Gasteiger partial charge in [-0.1, -0.05) is 72.8 Å². The van der Waals surface area contributed by atoms with Gasteiger partial charge in [0, 0.05) is 12.6 Å². The molecule has 0 spiro atoms. The molecule has 0 aliphatic rings. The molecule has 120 valence electrons. The highest BCUT2D eigenvalue weighted by atomic mass is 35.5. The van der Waals surface area contributed by atoms with Crippen LogP contribution >= 0.6 is 12.4 Å². The van der Waals surface area contributed by atoms with E-state index in [9.17, 15) is 0 Å². The Labute approximate surface area is 145 Å². The van der Waals surface area contributed by atoms with Gasteiger partial charge in [0.1, 0.15) is 0 Å². The molecule has 0 bridgehead atoms. The minimum atomic E-state index is 0. The van der Waals surface area contributed by atoms with Gasteiger partial charge in [0.2, 0.25) is 0 Å². The average molecular weight is 326 g/mol. The summed E-state index contributed by atoms with van der Waals surface area (Å²) in [5.41, 5.74) is 2.80. The van der Waals surface area contributed by atoms with Gasteiger partial charge in [0.05, 0.1) is 0 Å². The molecule has 1 atom stereocenters. The maximum absolute atomic E-state index is 3.66. The van der Waals surface area contributed by atoms with E-state index in [1.165, 1.54) is 21.9 Å². The maximum Gasteiger partial charge on any atom is 0.0214 e. The molecule has 1 unspecified atom stereocenters. The molecule has 0 aliphatic heterocycles. The second kappa shape index (κ2) is 8.71. The van der Waals surface area contributed by atoms with Crippen molar-refractivity contribution >= 4 is 23.2 Å². The van der Waals surface area contributed by atoms with Gasteiger partial charge in [-0.3, -0.25) is 0 Å². The number of rotatable bonds is 6. The second-order valence-corrected chi connectivity index (χ2v) is 5.94. The van der Waals surface area contributed by atoms with E-state index in [2.05, 4.69) is 85.0 Å². The summed E-state index contributed by atoms with van der Waals surface area (Å²) in [6.07, 6.45) is 2.29. The van der Waals surface area contributed by atoms with Crippen LogP contribution in [0.3, 0.4) is 0 Å². The highest BCUT2D eigenvalue weighted by Crippen LogP contribution is 2.18. The first kappa shape index (κ1) is 17.5. The van der Waals surface area contributed by atoms with Crippen molar-refractivity contribution < 1.29 is 0 Å². The lowest BCUT2D eigenvalue weighted by atomic mass is 10.0. The average Bonchev–Trinajstić information content (AvgIpc) is 2.59. The number of hydrogen-bond acceptors (Lipinski definition) is 1. The van der Waals surface area contributed by atoms with Gasteiger partial charge >= 0.3 is 0 Å². The fourth-order valence-corrected chi connectivity index (χ4v) is 2.86. The highest BCUT2D eigenvalue weighted by molar-refractivity contribution is 5.85. The van der Waals surface area contributed by atoms with Crippen molar-refractivity contribution in [1.82, 2.24) is 5.32 Å². The molecule has 0 amide bonds. The van der Waals surface area contributed by atoms with Crippen LogP contribution in [-0.2, 0) is 13.0 Å². The largest absolute Gasteiger partial charge is 0.310 e. The van der Waals surface area contributed by atoms with Crippen LogP contribution < -0.4 is 5.32 Å². The third kappa shape index (κ3) is 4.82. The molecule has 3 rings (SSSR count). The van der Waals surface area contributed by atoms with Crippen molar-refractivity contribution in [2.45, 2.75) is 32.4 Å². The Bertz CT molecular complexity index is 719. The van der Waals surface area contributed by atoms with Crippen molar-refractivity contribution in [2.24, 2.45) is 0 Å². The number of hydrogen-bond donors (Lipinski definition) is 1. The van der Waals surface area contributed by atoms with Crippen molar-refractivity contribution in [2.75, 3.05) is 0 Å². The normalized spacial score (nSPS) is 11.9. The first-order chi connectivity index (χ1) is 10.8. The smallest absolute Gasteiger partial charge is 0.0214 e. The number of nitrogens with one attached hydrogen (secondary N) is 1. The SMILES string of the molecule is CC(CCc1ccccc1)NCc1cccc2ccccc12.Cl. The second-order valence-electron chi connectivity index (χ2n) is 5.94. The molecule has 0 heterocycles. The number of benzene rings is 3. The third-order valence-electron chi connectivity index (χ3n) is 4.23. The van der Waals surface area contributed by atoms with E-state index in [0.29, 0.717) is 6.04 Å².